The van der Waals surface area contributed by atoms with Gasteiger partial charge in [0, 0.05) is 49.4 Å². The average Bonchev–Trinajstić information content (AvgIpc) is 3.35. The van der Waals surface area contributed by atoms with Crippen LogP contribution in [0.4, 0.5) is 0 Å². The third kappa shape index (κ3) is 4.92. The number of pyridine rings is 1. The van der Waals surface area contributed by atoms with Crippen molar-refractivity contribution in [3.63, 3.8) is 0 Å². The van der Waals surface area contributed by atoms with E-state index in [1.54, 1.807) is 47.5 Å². The van der Waals surface area contributed by atoms with Crippen LogP contribution in [0.2, 0.25) is 0 Å². The Morgan fingerprint density at radius 1 is 0.778 bits per heavy atom. The number of benzene rings is 2. The monoisotopic (exact) mass is 477 g/mol. The van der Waals surface area contributed by atoms with Crippen LogP contribution in [-0.2, 0) is 4.79 Å². The molecule has 6 nitrogen and oxygen atoms in total. The molecule has 0 saturated carbocycles. The SMILES string of the molecule is O=C(c1ccccc1)c1cccnc1C(=O)N1CCC2(CCN(C(=O)C#Cc3ccccc3)CC2)C1. The molecule has 2 amide bonds. The van der Waals surface area contributed by atoms with Gasteiger partial charge in [-0.3, -0.25) is 19.4 Å². The molecule has 3 aromatic rings. The van der Waals surface area contributed by atoms with E-state index < -0.39 is 0 Å². The molecule has 0 aliphatic carbocycles. The van der Waals surface area contributed by atoms with E-state index >= 15 is 0 Å². The highest BCUT2D eigenvalue weighted by molar-refractivity contribution is 6.14. The van der Waals surface area contributed by atoms with Crippen LogP contribution in [0.3, 0.4) is 0 Å². The minimum atomic E-state index is -0.209. The van der Waals surface area contributed by atoms with Crippen LogP contribution < -0.4 is 0 Å². The van der Waals surface area contributed by atoms with Crippen LogP contribution in [0.15, 0.2) is 79.0 Å². The van der Waals surface area contributed by atoms with Crippen molar-refractivity contribution in [1.82, 2.24) is 14.8 Å². The number of aromatic nitrogens is 1. The molecule has 0 unspecified atom stereocenters. The minimum absolute atomic E-state index is 0.0162. The highest BCUT2D eigenvalue weighted by Gasteiger charge is 2.43. The number of carbonyl (C=O) groups is 3. The average molecular weight is 478 g/mol. The van der Waals surface area contributed by atoms with Gasteiger partial charge in [-0.25, -0.2) is 0 Å². The Bertz CT molecular complexity index is 1330. The van der Waals surface area contributed by atoms with Gasteiger partial charge in [0.1, 0.15) is 5.69 Å². The summed E-state index contributed by atoms with van der Waals surface area (Å²) in [4.78, 5) is 47.0. The zero-order chi connectivity index (χ0) is 25.0. The first-order chi connectivity index (χ1) is 17.5. The molecule has 1 spiro atoms. The molecule has 0 atom stereocenters. The molecular weight excluding hydrogens is 450 g/mol. The summed E-state index contributed by atoms with van der Waals surface area (Å²) in [5, 5.41) is 0. The van der Waals surface area contributed by atoms with Gasteiger partial charge in [-0.05, 0) is 48.9 Å². The Morgan fingerprint density at radius 2 is 1.42 bits per heavy atom. The van der Waals surface area contributed by atoms with Gasteiger partial charge in [0.2, 0.25) is 0 Å². The molecule has 2 aromatic carbocycles. The first-order valence-corrected chi connectivity index (χ1v) is 12.2. The number of rotatable bonds is 3. The maximum atomic E-state index is 13.5. The fraction of sp³-hybridized carbons (Fsp3) is 0.267. The minimum Gasteiger partial charge on any atom is -0.337 e. The number of hydrogen-bond donors (Lipinski definition) is 0. The van der Waals surface area contributed by atoms with Crippen molar-refractivity contribution >= 4 is 17.6 Å². The first-order valence-electron chi connectivity index (χ1n) is 12.2. The lowest BCUT2D eigenvalue weighted by atomic mass is 9.78. The summed E-state index contributed by atoms with van der Waals surface area (Å²) in [5.41, 5.74) is 1.87. The highest BCUT2D eigenvalue weighted by atomic mass is 16.2. The van der Waals surface area contributed by atoms with Crippen molar-refractivity contribution in [2.45, 2.75) is 19.3 Å². The van der Waals surface area contributed by atoms with Gasteiger partial charge in [0.25, 0.3) is 11.8 Å². The van der Waals surface area contributed by atoms with E-state index in [9.17, 15) is 14.4 Å². The van der Waals surface area contributed by atoms with Crippen LogP contribution in [0.5, 0.6) is 0 Å². The summed E-state index contributed by atoms with van der Waals surface area (Å²) < 4.78 is 0. The number of piperidine rings is 1. The summed E-state index contributed by atoms with van der Waals surface area (Å²) in [6.45, 7) is 2.49. The maximum absolute atomic E-state index is 13.5. The Labute approximate surface area is 211 Å². The third-order valence-electron chi connectivity index (χ3n) is 7.22. The molecule has 2 saturated heterocycles. The molecule has 36 heavy (non-hydrogen) atoms. The fourth-order valence-corrected chi connectivity index (χ4v) is 5.08. The Balaban J connectivity index is 1.23. The number of carbonyl (C=O) groups excluding carboxylic acids is 3. The summed E-state index contributed by atoms with van der Waals surface area (Å²) in [6, 6.07) is 21.8. The number of ketones is 1. The molecule has 180 valence electrons. The van der Waals surface area contributed by atoms with Crippen LogP contribution in [0, 0.1) is 17.3 Å². The summed E-state index contributed by atoms with van der Waals surface area (Å²) >= 11 is 0. The van der Waals surface area contributed by atoms with Crippen molar-refractivity contribution in [3.05, 3.63) is 101 Å². The molecule has 2 fully saturated rings. The zero-order valence-corrected chi connectivity index (χ0v) is 20.0. The lowest BCUT2D eigenvalue weighted by molar-refractivity contribution is -0.127. The Morgan fingerprint density at radius 3 is 2.11 bits per heavy atom. The number of likely N-dealkylation sites (tertiary alicyclic amines) is 2. The number of nitrogens with zero attached hydrogens (tertiary/aromatic N) is 3. The van der Waals surface area contributed by atoms with Gasteiger partial charge in [-0.15, -0.1) is 0 Å². The van der Waals surface area contributed by atoms with E-state index in [1.165, 1.54) is 0 Å². The zero-order valence-electron chi connectivity index (χ0n) is 20.0. The van der Waals surface area contributed by atoms with E-state index in [-0.39, 0.29) is 28.7 Å². The van der Waals surface area contributed by atoms with Gasteiger partial charge in [-0.1, -0.05) is 54.5 Å². The lowest BCUT2D eigenvalue weighted by Gasteiger charge is -2.38. The van der Waals surface area contributed by atoms with Crippen LogP contribution in [-0.4, -0.2) is 58.6 Å². The van der Waals surface area contributed by atoms with E-state index in [0.717, 1.165) is 24.8 Å². The van der Waals surface area contributed by atoms with E-state index in [4.69, 9.17) is 0 Å². The van der Waals surface area contributed by atoms with Crippen LogP contribution >= 0.6 is 0 Å². The van der Waals surface area contributed by atoms with E-state index in [1.807, 2.05) is 41.3 Å². The highest BCUT2D eigenvalue weighted by Crippen LogP contribution is 2.40. The lowest BCUT2D eigenvalue weighted by Crippen LogP contribution is -2.44. The van der Waals surface area contributed by atoms with Gasteiger partial charge < -0.3 is 9.80 Å². The number of hydrogen-bond acceptors (Lipinski definition) is 4. The maximum Gasteiger partial charge on any atom is 0.298 e. The quantitative estimate of drug-likeness (QED) is 0.425. The van der Waals surface area contributed by atoms with Crippen molar-refractivity contribution in [1.29, 1.82) is 0 Å². The van der Waals surface area contributed by atoms with Gasteiger partial charge in [-0.2, -0.15) is 0 Å². The van der Waals surface area contributed by atoms with Gasteiger partial charge in [0.05, 0.1) is 5.56 Å². The largest absolute Gasteiger partial charge is 0.337 e. The Kier molecular flexibility index (Phi) is 6.64. The smallest absolute Gasteiger partial charge is 0.298 e. The van der Waals surface area contributed by atoms with Crippen LogP contribution in [0.1, 0.15) is 51.2 Å². The second-order valence-corrected chi connectivity index (χ2v) is 9.48. The first kappa shape index (κ1) is 23.5. The fourth-order valence-electron chi connectivity index (χ4n) is 5.08. The molecule has 5 rings (SSSR count). The number of amides is 2. The molecule has 0 radical (unpaired) electrons. The van der Waals surface area contributed by atoms with E-state index in [0.29, 0.717) is 37.3 Å². The molecule has 0 bridgehead atoms. The second-order valence-electron chi connectivity index (χ2n) is 9.48. The topological polar surface area (TPSA) is 70.6 Å². The van der Waals surface area contributed by atoms with Gasteiger partial charge in [0.15, 0.2) is 5.78 Å². The predicted octanol–water partition coefficient (Wildman–Crippen LogP) is 3.82. The summed E-state index contributed by atoms with van der Waals surface area (Å²) in [6.07, 6.45) is 4.09. The predicted molar refractivity (Wildman–Crippen MR) is 136 cm³/mol. The third-order valence-corrected chi connectivity index (χ3v) is 7.22. The van der Waals surface area contributed by atoms with Crippen LogP contribution in [0.25, 0.3) is 0 Å². The standard InChI is InChI=1S/C30H27N3O3/c34-26(14-13-23-8-3-1-4-9-23)32-19-15-30(16-20-32)17-21-33(22-30)29(36)27-25(12-7-18-31-27)28(35)24-10-5-2-6-11-24/h1-12,18H,15-17,19-22H2. The molecule has 1 aromatic heterocycles. The molecule has 6 heteroatoms. The molecule has 2 aliphatic heterocycles. The molecular formula is C30H27N3O3. The molecule has 2 aliphatic rings. The second kappa shape index (κ2) is 10.2. The van der Waals surface area contributed by atoms with Crippen molar-refractivity contribution in [2.24, 2.45) is 5.41 Å². The molecule has 3 heterocycles. The summed E-state index contributed by atoms with van der Waals surface area (Å²) in [7, 11) is 0. The molecule has 0 N–H and O–H groups in total. The van der Waals surface area contributed by atoms with Gasteiger partial charge >= 0.3 is 0 Å². The Hall–Kier alpha value is -4.24. The van der Waals surface area contributed by atoms with Crippen molar-refractivity contribution in [3.8, 4) is 11.8 Å². The summed E-state index contributed by atoms with van der Waals surface area (Å²) in [5.74, 6) is 5.13. The van der Waals surface area contributed by atoms with E-state index in [2.05, 4.69) is 16.8 Å². The van der Waals surface area contributed by atoms with Crippen molar-refractivity contribution in [2.75, 3.05) is 26.2 Å². The van der Waals surface area contributed by atoms with Crippen molar-refractivity contribution < 1.29 is 14.4 Å². The normalized spacial score (nSPS) is 16.3.